The summed E-state index contributed by atoms with van der Waals surface area (Å²) in [5.41, 5.74) is 6.75. The van der Waals surface area contributed by atoms with Gasteiger partial charge in [-0.15, -0.1) is 11.6 Å². The van der Waals surface area contributed by atoms with Crippen LogP contribution in [0.1, 0.15) is 67.4 Å². The molecule has 0 bridgehead atoms. The number of amides is 1. The summed E-state index contributed by atoms with van der Waals surface area (Å²) in [6.45, 7) is 10.4. The van der Waals surface area contributed by atoms with E-state index < -0.39 is 31.4 Å². The van der Waals surface area contributed by atoms with Gasteiger partial charge >= 0.3 is 0 Å². The molecule has 62 heavy (non-hydrogen) atoms. The van der Waals surface area contributed by atoms with Crippen LogP contribution in [0.4, 0.5) is 17.1 Å². The third-order valence-corrected chi connectivity index (χ3v) is 13.9. The second kappa shape index (κ2) is 18.5. The Labute approximate surface area is 366 Å². The van der Waals surface area contributed by atoms with Gasteiger partial charge in [-0.05, 0) is 96.5 Å². The largest absolute Gasteiger partial charge is 0.455 e. The topological polar surface area (TPSA) is 172 Å². The normalized spacial score (nSPS) is 17.6. The number of benzene rings is 3. The summed E-state index contributed by atoms with van der Waals surface area (Å²) < 4.78 is 41.2. The Bertz CT molecular complexity index is 2580. The zero-order chi connectivity index (χ0) is 43.4. The van der Waals surface area contributed by atoms with Crippen LogP contribution in [0.2, 0.25) is 0 Å². The molecule has 3 N–H and O–H groups in total. The number of hydrogen-bond acceptors (Lipinski definition) is 11. The van der Waals surface area contributed by atoms with Crippen LogP contribution < -0.4 is 19.7 Å². The van der Waals surface area contributed by atoms with Gasteiger partial charge in [0.15, 0.2) is 0 Å². The van der Waals surface area contributed by atoms with E-state index in [4.69, 9.17) is 21.1 Å². The number of piperazine rings is 1. The van der Waals surface area contributed by atoms with Crippen molar-refractivity contribution in [1.82, 2.24) is 19.6 Å². The van der Waals surface area contributed by atoms with Gasteiger partial charge in [-0.25, -0.2) is 18.1 Å². The smallest absolute Gasteiger partial charge is 0.293 e. The number of nitro benzene ring substituents is 1. The van der Waals surface area contributed by atoms with Crippen molar-refractivity contribution < 1.29 is 27.6 Å². The minimum absolute atomic E-state index is 0.0341. The zero-order valence-electron chi connectivity index (χ0n) is 35.0. The van der Waals surface area contributed by atoms with Gasteiger partial charge in [0.25, 0.3) is 21.6 Å². The quantitative estimate of drug-likeness (QED) is 0.0553. The Morgan fingerprint density at radius 2 is 1.81 bits per heavy atom. The standard InChI is InChI=1S/C46H52ClN7O7S/c1-46(2)15-11-35(40(26-46)33-5-3-31(27-47)4-6-33)30-52-17-19-53(20-18-52)36-7-9-39(43(24-36)61-37-23-34-12-16-48-44(34)50-29-37)45(55)51-62(58,59)38-8-10-41(42(25-38)54(56)57)49-28-32-13-21-60-22-14-32/h3-10,12,16,23-25,29,32,49H,11,13-15,17-22,26-28,30H2,1-2H3,(H,48,50)(H,51,55). The van der Waals surface area contributed by atoms with Gasteiger partial charge in [0, 0.05) is 87.8 Å². The molecule has 0 spiro atoms. The summed E-state index contributed by atoms with van der Waals surface area (Å²) in [6, 6.07) is 20.9. The van der Waals surface area contributed by atoms with Crippen LogP contribution in [0.5, 0.6) is 11.5 Å². The van der Waals surface area contributed by atoms with E-state index in [2.05, 4.69) is 67.9 Å². The number of allylic oxidation sites excluding steroid dienone is 1. The summed E-state index contributed by atoms with van der Waals surface area (Å²) in [5.74, 6) is 0.304. The predicted molar refractivity (Wildman–Crippen MR) is 242 cm³/mol. The van der Waals surface area contributed by atoms with Crippen LogP contribution in [0, 0.1) is 21.4 Å². The first-order valence-corrected chi connectivity index (χ1v) is 23.1. The number of sulfonamides is 1. The van der Waals surface area contributed by atoms with Crippen LogP contribution in [0.3, 0.4) is 0 Å². The lowest BCUT2D eigenvalue weighted by molar-refractivity contribution is -0.384. The Kier molecular flexibility index (Phi) is 12.9. The molecule has 2 aliphatic heterocycles. The maximum atomic E-state index is 13.9. The highest BCUT2D eigenvalue weighted by molar-refractivity contribution is 7.90. The van der Waals surface area contributed by atoms with E-state index in [0.717, 1.165) is 87.5 Å². The fraction of sp³-hybridized carbons (Fsp3) is 0.391. The van der Waals surface area contributed by atoms with Gasteiger partial charge in [0.05, 0.1) is 21.6 Å². The van der Waals surface area contributed by atoms with Crippen molar-refractivity contribution in [2.75, 3.05) is 62.7 Å². The molecule has 3 aromatic carbocycles. The monoisotopic (exact) mass is 881 g/mol. The number of aromatic nitrogens is 2. The van der Waals surface area contributed by atoms with E-state index >= 15 is 0 Å². The second-order valence-corrected chi connectivity index (χ2v) is 19.1. The molecule has 16 heteroatoms. The number of hydrogen-bond donors (Lipinski definition) is 3. The molecule has 2 aromatic heterocycles. The molecule has 0 saturated carbocycles. The molecular formula is C46H52ClN7O7S. The molecular weight excluding hydrogens is 830 g/mol. The first kappa shape index (κ1) is 43.2. The number of carbonyl (C=O) groups is 1. The molecule has 3 aliphatic rings. The Balaban J connectivity index is 1.00. The number of pyridine rings is 1. The average molecular weight is 882 g/mol. The summed E-state index contributed by atoms with van der Waals surface area (Å²) >= 11 is 6.10. The summed E-state index contributed by atoms with van der Waals surface area (Å²) in [7, 11) is -4.55. The van der Waals surface area contributed by atoms with Crippen LogP contribution >= 0.6 is 11.6 Å². The maximum absolute atomic E-state index is 13.9. The number of aromatic amines is 1. The first-order valence-electron chi connectivity index (χ1n) is 21.1. The molecule has 0 atom stereocenters. The number of carbonyl (C=O) groups excluding carboxylic acids is 1. The Morgan fingerprint density at radius 3 is 2.55 bits per heavy atom. The lowest BCUT2D eigenvalue weighted by atomic mass is 9.72. The van der Waals surface area contributed by atoms with Crippen molar-refractivity contribution in [3.63, 3.8) is 0 Å². The number of ether oxygens (including phenoxy) is 2. The number of anilines is 2. The number of nitrogens with one attached hydrogen (secondary N) is 3. The van der Waals surface area contributed by atoms with Crippen molar-refractivity contribution in [2.45, 2.75) is 56.7 Å². The van der Waals surface area contributed by atoms with Crippen molar-refractivity contribution in [3.8, 4) is 11.5 Å². The molecule has 14 nitrogen and oxygen atoms in total. The molecule has 1 aliphatic carbocycles. The van der Waals surface area contributed by atoms with Gasteiger partial charge in [-0.1, -0.05) is 43.7 Å². The van der Waals surface area contributed by atoms with E-state index in [-0.39, 0.29) is 28.3 Å². The number of rotatable bonds is 14. The highest BCUT2D eigenvalue weighted by atomic mass is 35.5. The molecule has 4 heterocycles. The van der Waals surface area contributed by atoms with E-state index in [1.807, 2.05) is 6.07 Å². The highest BCUT2D eigenvalue weighted by Crippen LogP contribution is 2.43. The predicted octanol–water partition coefficient (Wildman–Crippen LogP) is 8.75. The SMILES string of the molecule is CC1(C)CCC(CN2CCN(c3ccc(C(=O)NS(=O)(=O)c4ccc(NCC5CCOCC5)c([N+](=O)[O-])c4)c(Oc4cnc5[nH]ccc5c4)c3)CC2)=C(c2ccc(CCl)cc2)C1. The van der Waals surface area contributed by atoms with Crippen molar-refractivity contribution in [2.24, 2.45) is 11.3 Å². The minimum Gasteiger partial charge on any atom is -0.455 e. The fourth-order valence-electron chi connectivity index (χ4n) is 8.54. The molecule has 8 rings (SSSR count). The van der Waals surface area contributed by atoms with E-state index in [0.29, 0.717) is 37.0 Å². The number of halogens is 1. The number of H-pyrrole nitrogens is 1. The molecule has 326 valence electrons. The van der Waals surface area contributed by atoms with Crippen molar-refractivity contribution >= 4 is 61.2 Å². The number of alkyl halides is 1. The third kappa shape index (κ3) is 10.1. The number of nitrogens with zero attached hydrogens (tertiary/aromatic N) is 4. The van der Waals surface area contributed by atoms with Gasteiger partial charge in [0.2, 0.25) is 0 Å². The first-order chi connectivity index (χ1) is 29.8. The van der Waals surface area contributed by atoms with E-state index in [1.54, 1.807) is 30.5 Å². The van der Waals surface area contributed by atoms with Gasteiger partial charge in [-0.2, -0.15) is 0 Å². The van der Waals surface area contributed by atoms with Gasteiger partial charge in [-0.3, -0.25) is 19.8 Å². The van der Waals surface area contributed by atoms with Crippen LogP contribution in [-0.4, -0.2) is 86.6 Å². The summed E-state index contributed by atoms with van der Waals surface area (Å²) in [4.78, 5) is 37.2. The molecule has 0 radical (unpaired) electrons. The number of nitro groups is 1. The molecule has 5 aromatic rings. The maximum Gasteiger partial charge on any atom is 0.293 e. The zero-order valence-corrected chi connectivity index (χ0v) is 36.6. The van der Waals surface area contributed by atoms with E-state index in [9.17, 15) is 23.3 Å². The highest BCUT2D eigenvalue weighted by Gasteiger charge is 2.31. The molecule has 2 saturated heterocycles. The lowest BCUT2D eigenvalue weighted by Gasteiger charge is -2.39. The van der Waals surface area contributed by atoms with Crippen LogP contribution in [-0.2, 0) is 20.6 Å². The Morgan fingerprint density at radius 1 is 1.03 bits per heavy atom. The second-order valence-electron chi connectivity index (χ2n) is 17.2. The van der Waals surface area contributed by atoms with Crippen LogP contribution in [0.25, 0.3) is 16.6 Å². The lowest BCUT2D eigenvalue weighted by Crippen LogP contribution is -2.47. The van der Waals surface area contributed by atoms with Gasteiger partial charge in [0.1, 0.15) is 22.8 Å². The number of fused-ring (bicyclic) bond motifs is 1. The molecule has 1 amide bonds. The summed E-state index contributed by atoms with van der Waals surface area (Å²) in [6.07, 6.45) is 8.16. The van der Waals surface area contributed by atoms with Crippen LogP contribution in [0.15, 0.2) is 95.7 Å². The fourth-order valence-corrected chi connectivity index (χ4v) is 9.71. The van der Waals surface area contributed by atoms with E-state index in [1.165, 1.54) is 35.0 Å². The minimum atomic E-state index is -4.55. The molecule has 2 fully saturated rings. The van der Waals surface area contributed by atoms with Crippen molar-refractivity contribution in [3.05, 3.63) is 118 Å². The summed E-state index contributed by atoms with van der Waals surface area (Å²) in [5, 5.41) is 16.0. The van der Waals surface area contributed by atoms with Gasteiger partial charge < -0.3 is 24.7 Å². The Hall–Kier alpha value is -5.48. The third-order valence-electron chi connectivity index (χ3n) is 12.2. The molecule has 0 unspecified atom stereocenters. The average Bonchev–Trinajstić information content (AvgIpc) is 3.75. The van der Waals surface area contributed by atoms with Crippen molar-refractivity contribution in [1.29, 1.82) is 0 Å².